The predicted octanol–water partition coefficient (Wildman–Crippen LogP) is 3.19. The number of benzene rings is 2. The Labute approximate surface area is 113 Å². The molecule has 0 bridgehead atoms. The summed E-state index contributed by atoms with van der Waals surface area (Å²) < 4.78 is 0.955. The van der Waals surface area contributed by atoms with Crippen LogP contribution in [-0.2, 0) is 6.54 Å². The van der Waals surface area contributed by atoms with Crippen LogP contribution in [0.4, 0.5) is 11.4 Å². The molecule has 3 nitrogen and oxygen atoms in total. The molecule has 90 valence electrons. The zero-order valence-electron chi connectivity index (χ0n) is 9.56. The molecule has 3 rings (SSSR count). The average molecular weight is 303 g/mol. The van der Waals surface area contributed by atoms with Gasteiger partial charge in [-0.15, -0.1) is 0 Å². The van der Waals surface area contributed by atoms with Gasteiger partial charge in [-0.05, 0) is 30.3 Å². The fourth-order valence-corrected chi connectivity index (χ4v) is 2.60. The number of hydrogen-bond acceptors (Lipinski definition) is 2. The Kier molecular flexibility index (Phi) is 2.59. The third kappa shape index (κ3) is 1.69. The number of fused-ring (bicyclic) bond motifs is 1. The molecule has 4 heteroatoms. The highest BCUT2D eigenvalue weighted by atomic mass is 79.9. The third-order valence-electron chi connectivity index (χ3n) is 3.12. The van der Waals surface area contributed by atoms with Gasteiger partial charge in [-0.25, -0.2) is 0 Å². The number of carbonyl (C=O) groups is 1. The number of nitrogens with two attached hydrogens (primary N) is 1. The van der Waals surface area contributed by atoms with Gasteiger partial charge in [-0.1, -0.05) is 28.1 Å². The second-order valence-corrected chi connectivity index (χ2v) is 5.16. The van der Waals surface area contributed by atoms with Crippen molar-refractivity contribution in [2.24, 2.45) is 0 Å². The van der Waals surface area contributed by atoms with Gasteiger partial charge in [-0.3, -0.25) is 4.79 Å². The number of rotatable bonds is 1. The monoisotopic (exact) mass is 302 g/mol. The zero-order chi connectivity index (χ0) is 12.7. The lowest BCUT2D eigenvalue weighted by Gasteiger charge is -2.15. The van der Waals surface area contributed by atoms with Gasteiger partial charge >= 0.3 is 0 Å². The Hall–Kier alpha value is -1.81. The second kappa shape index (κ2) is 4.14. The van der Waals surface area contributed by atoms with Crippen molar-refractivity contribution in [3.8, 4) is 0 Å². The Morgan fingerprint density at radius 2 is 1.94 bits per heavy atom. The molecule has 0 saturated heterocycles. The topological polar surface area (TPSA) is 46.3 Å². The Bertz CT molecular complexity index is 639. The van der Waals surface area contributed by atoms with Crippen LogP contribution in [-0.4, -0.2) is 5.91 Å². The second-order valence-electron chi connectivity index (χ2n) is 4.24. The molecule has 0 aliphatic carbocycles. The molecule has 1 aliphatic rings. The van der Waals surface area contributed by atoms with Crippen LogP contribution in [0.2, 0.25) is 0 Å². The van der Waals surface area contributed by atoms with E-state index in [2.05, 4.69) is 15.9 Å². The molecule has 0 saturated carbocycles. The maximum absolute atomic E-state index is 12.3. The molecule has 1 aliphatic heterocycles. The van der Waals surface area contributed by atoms with Crippen LogP contribution in [0.3, 0.4) is 0 Å². The third-order valence-corrected chi connectivity index (χ3v) is 3.62. The Morgan fingerprint density at radius 3 is 2.67 bits per heavy atom. The molecule has 1 heterocycles. The highest BCUT2D eigenvalue weighted by Gasteiger charge is 2.29. The summed E-state index contributed by atoms with van der Waals surface area (Å²) in [7, 11) is 0. The van der Waals surface area contributed by atoms with Crippen LogP contribution in [0.15, 0.2) is 46.9 Å². The van der Waals surface area contributed by atoms with E-state index in [4.69, 9.17) is 5.73 Å². The number of anilines is 2. The van der Waals surface area contributed by atoms with Gasteiger partial charge < -0.3 is 10.6 Å². The van der Waals surface area contributed by atoms with Crippen LogP contribution in [0, 0.1) is 0 Å². The molecule has 0 atom stereocenters. The quantitative estimate of drug-likeness (QED) is 0.822. The maximum atomic E-state index is 12.3. The standard InChI is InChI=1S/C14H11BrN2O/c15-9-3-1-4-10(7-9)17-8-12-11(14(17)18)5-2-6-13(12)16/h1-7H,8,16H2. The zero-order valence-corrected chi connectivity index (χ0v) is 11.1. The predicted molar refractivity (Wildman–Crippen MR) is 75.5 cm³/mol. The van der Waals surface area contributed by atoms with Crippen molar-refractivity contribution in [3.05, 3.63) is 58.1 Å². The van der Waals surface area contributed by atoms with Crippen LogP contribution in [0.25, 0.3) is 0 Å². The average Bonchev–Trinajstić information content (AvgIpc) is 2.69. The van der Waals surface area contributed by atoms with Gasteiger partial charge in [0.15, 0.2) is 0 Å². The molecular weight excluding hydrogens is 292 g/mol. The van der Waals surface area contributed by atoms with Gasteiger partial charge in [0.2, 0.25) is 0 Å². The van der Waals surface area contributed by atoms with Crippen molar-refractivity contribution < 1.29 is 4.79 Å². The SMILES string of the molecule is Nc1cccc2c1CN(c1cccc(Br)c1)C2=O. The molecule has 1 amide bonds. The first kappa shape index (κ1) is 11.3. The van der Waals surface area contributed by atoms with E-state index in [9.17, 15) is 4.79 Å². The number of hydrogen-bond donors (Lipinski definition) is 1. The van der Waals surface area contributed by atoms with Gasteiger partial charge in [0.1, 0.15) is 0 Å². The summed E-state index contributed by atoms with van der Waals surface area (Å²) in [5, 5.41) is 0. The minimum Gasteiger partial charge on any atom is -0.398 e. The van der Waals surface area contributed by atoms with E-state index in [1.54, 1.807) is 4.90 Å². The lowest BCUT2D eigenvalue weighted by Crippen LogP contribution is -2.22. The molecule has 0 fully saturated rings. The normalized spacial score (nSPS) is 13.8. The highest BCUT2D eigenvalue weighted by Crippen LogP contribution is 2.32. The van der Waals surface area contributed by atoms with Gasteiger partial charge in [0, 0.05) is 27.0 Å². The van der Waals surface area contributed by atoms with Crippen molar-refractivity contribution >= 4 is 33.2 Å². The van der Waals surface area contributed by atoms with Crippen molar-refractivity contribution in [1.29, 1.82) is 0 Å². The van der Waals surface area contributed by atoms with Crippen molar-refractivity contribution in [1.82, 2.24) is 0 Å². The van der Waals surface area contributed by atoms with Crippen LogP contribution in [0.5, 0.6) is 0 Å². The first-order valence-electron chi connectivity index (χ1n) is 5.61. The number of nitrogens with zero attached hydrogens (tertiary/aromatic N) is 1. The number of amides is 1. The summed E-state index contributed by atoms with van der Waals surface area (Å²) in [6, 6.07) is 13.2. The molecule has 0 spiro atoms. The van der Waals surface area contributed by atoms with E-state index in [-0.39, 0.29) is 5.91 Å². The van der Waals surface area contributed by atoms with Crippen molar-refractivity contribution in [3.63, 3.8) is 0 Å². The molecule has 2 aromatic rings. The van der Waals surface area contributed by atoms with E-state index in [1.165, 1.54) is 0 Å². The summed E-state index contributed by atoms with van der Waals surface area (Å²) in [4.78, 5) is 14.1. The summed E-state index contributed by atoms with van der Waals surface area (Å²) in [5.74, 6) is 0.00963. The molecule has 0 radical (unpaired) electrons. The van der Waals surface area contributed by atoms with E-state index >= 15 is 0 Å². The molecule has 0 unspecified atom stereocenters. The van der Waals surface area contributed by atoms with Crippen LogP contribution in [0.1, 0.15) is 15.9 Å². The van der Waals surface area contributed by atoms with Crippen LogP contribution < -0.4 is 10.6 Å². The largest absolute Gasteiger partial charge is 0.398 e. The number of nitrogen functional groups attached to an aromatic ring is 1. The first-order chi connectivity index (χ1) is 8.66. The summed E-state index contributed by atoms with van der Waals surface area (Å²) in [5.41, 5.74) is 9.10. The summed E-state index contributed by atoms with van der Waals surface area (Å²) >= 11 is 3.42. The fraction of sp³-hybridized carbons (Fsp3) is 0.0714. The van der Waals surface area contributed by atoms with Crippen molar-refractivity contribution in [2.45, 2.75) is 6.54 Å². The minimum absolute atomic E-state index is 0.00963. The van der Waals surface area contributed by atoms with Crippen LogP contribution >= 0.6 is 15.9 Å². The highest BCUT2D eigenvalue weighted by molar-refractivity contribution is 9.10. The Balaban J connectivity index is 2.05. The lowest BCUT2D eigenvalue weighted by atomic mass is 10.1. The first-order valence-corrected chi connectivity index (χ1v) is 6.41. The number of halogens is 1. The molecule has 0 aromatic heterocycles. The summed E-state index contributed by atoms with van der Waals surface area (Å²) in [6.45, 7) is 0.539. The smallest absolute Gasteiger partial charge is 0.259 e. The number of carbonyl (C=O) groups excluding carboxylic acids is 1. The molecule has 2 aromatic carbocycles. The lowest BCUT2D eigenvalue weighted by molar-refractivity contribution is 0.0996. The molecule has 2 N–H and O–H groups in total. The summed E-state index contributed by atoms with van der Waals surface area (Å²) in [6.07, 6.45) is 0. The van der Waals surface area contributed by atoms with E-state index in [0.29, 0.717) is 17.8 Å². The molecular formula is C14H11BrN2O. The van der Waals surface area contributed by atoms with E-state index in [0.717, 1.165) is 15.7 Å². The van der Waals surface area contributed by atoms with Gasteiger partial charge in [0.25, 0.3) is 5.91 Å². The maximum Gasteiger partial charge on any atom is 0.259 e. The van der Waals surface area contributed by atoms with Crippen molar-refractivity contribution in [2.75, 3.05) is 10.6 Å². The van der Waals surface area contributed by atoms with Gasteiger partial charge in [0.05, 0.1) is 6.54 Å². The van der Waals surface area contributed by atoms with Gasteiger partial charge in [-0.2, -0.15) is 0 Å². The van der Waals surface area contributed by atoms with E-state index in [1.807, 2.05) is 42.5 Å². The Morgan fingerprint density at radius 1 is 1.17 bits per heavy atom. The molecule has 18 heavy (non-hydrogen) atoms. The fourth-order valence-electron chi connectivity index (χ4n) is 2.21. The van der Waals surface area contributed by atoms with E-state index < -0.39 is 0 Å². The minimum atomic E-state index is 0.00963.